The quantitative estimate of drug-likeness (QED) is 0.809. The topological polar surface area (TPSA) is 33.1 Å². The van der Waals surface area contributed by atoms with Gasteiger partial charge in [-0.2, -0.15) is 0 Å². The Kier molecular flexibility index (Phi) is 2.52. The van der Waals surface area contributed by atoms with Crippen LogP contribution in [-0.4, -0.2) is 10.1 Å². The van der Waals surface area contributed by atoms with Gasteiger partial charge in [-0.05, 0) is 18.2 Å². The first-order valence-corrected chi connectivity index (χ1v) is 4.38. The first-order chi connectivity index (χ1) is 7.58. The molecule has 1 heterocycles. The van der Waals surface area contributed by atoms with Crippen LogP contribution in [0.25, 0.3) is 11.3 Å². The predicted octanol–water partition coefficient (Wildman–Crippen LogP) is 2.87. The average Bonchev–Trinajstić information content (AvgIpc) is 2.22. The van der Waals surface area contributed by atoms with Crippen LogP contribution in [0.2, 0.25) is 0 Å². The van der Waals surface area contributed by atoms with E-state index >= 15 is 0 Å². The second-order valence-electron chi connectivity index (χ2n) is 3.15. The third-order valence-electron chi connectivity index (χ3n) is 2.02. The zero-order valence-electron chi connectivity index (χ0n) is 7.92. The van der Waals surface area contributed by atoms with E-state index in [1.54, 1.807) is 0 Å². The Balaban J connectivity index is 2.54. The number of hydrogen-bond donors (Lipinski definition) is 1. The summed E-state index contributed by atoms with van der Waals surface area (Å²) in [6.07, 6.45) is 1.03. The highest BCUT2D eigenvalue weighted by Gasteiger charge is 2.10. The van der Waals surface area contributed by atoms with Gasteiger partial charge in [0.15, 0.2) is 17.5 Å². The molecule has 0 aliphatic carbocycles. The van der Waals surface area contributed by atoms with Crippen molar-refractivity contribution in [3.05, 3.63) is 47.9 Å². The minimum absolute atomic E-state index is 0.108. The highest BCUT2D eigenvalue weighted by molar-refractivity contribution is 5.60. The van der Waals surface area contributed by atoms with Gasteiger partial charge in [0.25, 0.3) is 0 Å². The lowest BCUT2D eigenvalue weighted by atomic mass is 10.1. The lowest BCUT2D eigenvalue weighted by molar-refractivity contribution is 0.466. The molecule has 0 aliphatic heterocycles. The number of pyridine rings is 1. The van der Waals surface area contributed by atoms with Crippen molar-refractivity contribution in [3.63, 3.8) is 0 Å². The molecule has 0 saturated carbocycles. The molecule has 5 heteroatoms. The monoisotopic (exact) mass is 225 g/mol. The SMILES string of the molecule is Oc1cnc(-c2ccc(F)c(F)c2)c(F)c1. The Labute approximate surface area is 89.0 Å². The minimum Gasteiger partial charge on any atom is -0.506 e. The van der Waals surface area contributed by atoms with Gasteiger partial charge < -0.3 is 5.11 Å². The number of aromatic nitrogens is 1. The smallest absolute Gasteiger partial charge is 0.159 e. The first kappa shape index (κ1) is 10.5. The number of halogens is 3. The van der Waals surface area contributed by atoms with Gasteiger partial charge >= 0.3 is 0 Å². The Morgan fingerprint density at radius 1 is 0.938 bits per heavy atom. The lowest BCUT2D eigenvalue weighted by Gasteiger charge is -2.03. The fourth-order valence-electron chi connectivity index (χ4n) is 1.28. The maximum atomic E-state index is 13.3. The van der Waals surface area contributed by atoms with Crippen molar-refractivity contribution in [2.75, 3.05) is 0 Å². The second kappa shape index (κ2) is 3.84. The molecule has 0 saturated heterocycles. The van der Waals surface area contributed by atoms with Crippen LogP contribution in [-0.2, 0) is 0 Å². The Hall–Kier alpha value is -2.04. The minimum atomic E-state index is -1.08. The molecular formula is C11H6F3NO. The van der Waals surface area contributed by atoms with Crippen LogP contribution in [0.1, 0.15) is 0 Å². The van der Waals surface area contributed by atoms with Gasteiger partial charge in [-0.1, -0.05) is 0 Å². The van der Waals surface area contributed by atoms with E-state index in [1.165, 1.54) is 6.07 Å². The molecular weight excluding hydrogens is 219 g/mol. The molecule has 0 radical (unpaired) electrons. The van der Waals surface area contributed by atoms with Crippen molar-refractivity contribution in [3.8, 4) is 17.0 Å². The van der Waals surface area contributed by atoms with E-state index in [2.05, 4.69) is 4.98 Å². The van der Waals surface area contributed by atoms with Crippen LogP contribution in [0.15, 0.2) is 30.5 Å². The van der Waals surface area contributed by atoms with Crippen LogP contribution in [0, 0.1) is 17.5 Å². The molecule has 0 fully saturated rings. The maximum Gasteiger partial charge on any atom is 0.159 e. The number of benzene rings is 1. The Morgan fingerprint density at radius 3 is 2.31 bits per heavy atom. The largest absolute Gasteiger partial charge is 0.506 e. The number of hydrogen-bond acceptors (Lipinski definition) is 2. The normalized spacial score (nSPS) is 10.4. The summed E-state index contributed by atoms with van der Waals surface area (Å²) in [6, 6.07) is 3.79. The summed E-state index contributed by atoms with van der Waals surface area (Å²) < 4.78 is 38.9. The van der Waals surface area contributed by atoms with Crippen molar-refractivity contribution in [1.29, 1.82) is 0 Å². The van der Waals surface area contributed by atoms with Gasteiger partial charge in [-0.3, -0.25) is 0 Å². The molecule has 0 bridgehead atoms. The summed E-state index contributed by atoms with van der Waals surface area (Å²) in [5.41, 5.74) is -0.0342. The van der Waals surface area contributed by atoms with Gasteiger partial charge in [-0.25, -0.2) is 18.2 Å². The van der Waals surface area contributed by atoms with Crippen molar-refractivity contribution < 1.29 is 18.3 Å². The van der Waals surface area contributed by atoms with Gasteiger partial charge in [0.2, 0.25) is 0 Å². The fraction of sp³-hybridized carbons (Fsp3) is 0. The van der Waals surface area contributed by atoms with Gasteiger partial charge in [0.05, 0.1) is 6.20 Å². The molecule has 0 spiro atoms. The van der Waals surface area contributed by atoms with E-state index in [4.69, 9.17) is 5.11 Å². The van der Waals surface area contributed by atoms with E-state index in [1.807, 2.05) is 0 Å². The predicted molar refractivity (Wildman–Crippen MR) is 51.2 cm³/mol. The summed E-state index contributed by atoms with van der Waals surface area (Å²) in [7, 11) is 0. The zero-order chi connectivity index (χ0) is 11.7. The molecule has 16 heavy (non-hydrogen) atoms. The summed E-state index contributed by atoms with van der Waals surface area (Å²) in [5, 5.41) is 8.95. The molecule has 82 valence electrons. The maximum absolute atomic E-state index is 13.3. The molecule has 0 aliphatic rings. The molecule has 1 aromatic heterocycles. The van der Waals surface area contributed by atoms with Gasteiger partial charge in [-0.15, -0.1) is 0 Å². The molecule has 0 unspecified atom stereocenters. The van der Waals surface area contributed by atoms with Gasteiger partial charge in [0.1, 0.15) is 11.4 Å². The van der Waals surface area contributed by atoms with Crippen molar-refractivity contribution in [2.45, 2.75) is 0 Å². The second-order valence-corrected chi connectivity index (χ2v) is 3.15. The summed E-state index contributed by atoms with van der Waals surface area (Å²) in [5.74, 6) is -3.22. The highest BCUT2D eigenvalue weighted by atomic mass is 19.2. The third-order valence-corrected chi connectivity index (χ3v) is 2.02. The van der Waals surface area contributed by atoms with Crippen LogP contribution >= 0.6 is 0 Å². The Morgan fingerprint density at radius 2 is 1.69 bits per heavy atom. The summed E-state index contributed by atoms with van der Waals surface area (Å²) in [6.45, 7) is 0. The molecule has 2 nitrogen and oxygen atoms in total. The molecule has 0 amide bonds. The standard InChI is InChI=1S/C11H6F3NO/c12-8-2-1-6(3-9(8)13)11-10(14)4-7(16)5-15-11/h1-5,16H. The lowest BCUT2D eigenvalue weighted by Crippen LogP contribution is -1.91. The molecule has 2 aromatic rings. The molecule has 1 N–H and O–H groups in total. The van der Waals surface area contributed by atoms with Gasteiger partial charge in [0, 0.05) is 11.6 Å². The number of aromatic hydroxyl groups is 1. The first-order valence-electron chi connectivity index (χ1n) is 4.38. The third kappa shape index (κ3) is 1.84. The van der Waals surface area contributed by atoms with Crippen molar-refractivity contribution >= 4 is 0 Å². The van der Waals surface area contributed by atoms with Crippen molar-refractivity contribution in [1.82, 2.24) is 4.98 Å². The number of rotatable bonds is 1. The Bertz CT molecular complexity index is 543. The highest BCUT2D eigenvalue weighted by Crippen LogP contribution is 2.24. The zero-order valence-corrected chi connectivity index (χ0v) is 7.92. The molecule has 0 atom stereocenters. The van der Waals surface area contributed by atoms with Crippen LogP contribution in [0.5, 0.6) is 5.75 Å². The van der Waals surface area contributed by atoms with E-state index in [9.17, 15) is 13.2 Å². The van der Waals surface area contributed by atoms with E-state index < -0.39 is 17.5 Å². The average molecular weight is 225 g/mol. The number of nitrogens with zero attached hydrogens (tertiary/aromatic N) is 1. The van der Waals surface area contributed by atoms with Crippen LogP contribution < -0.4 is 0 Å². The fourth-order valence-corrected chi connectivity index (χ4v) is 1.28. The summed E-state index contributed by atoms with van der Waals surface area (Å²) >= 11 is 0. The van der Waals surface area contributed by atoms with Crippen LogP contribution in [0.3, 0.4) is 0 Å². The van der Waals surface area contributed by atoms with Crippen molar-refractivity contribution in [2.24, 2.45) is 0 Å². The van der Waals surface area contributed by atoms with E-state index in [0.717, 1.165) is 24.4 Å². The molecule has 2 rings (SSSR count). The van der Waals surface area contributed by atoms with Crippen LogP contribution in [0.4, 0.5) is 13.2 Å². The summed E-state index contributed by atoms with van der Waals surface area (Å²) in [4.78, 5) is 3.60. The molecule has 1 aromatic carbocycles. The van der Waals surface area contributed by atoms with E-state index in [0.29, 0.717) is 0 Å². The van der Waals surface area contributed by atoms with E-state index in [-0.39, 0.29) is 17.0 Å².